The van der Waals surface area contributed by atoms with Crippen molar-refractivity contribution in [3.8, 4) is 0 Å². The zero-order chi connectivity index (χ0) is 15.6. The topological polar surface area (TPSA) is 121 Å². The number of nitrogens with zero attached hydrogens (tertiary/aromatic N) is 4. The molecule has 0 radical (unpaired) electrons. The van der Waals surface area contributed by atoms with Gasteiger partial charge in [0.1, 0.15) is 0 Å². The minimum atomic E-state index is -1.01. The molecule has 9 nitrogen and oxygen atoms in total. The van der Waals surface area contributed by atoms with Gasteiger partial charge >= 0.3 is 23.9 Å². The van der Waals surface area contributed by atoms with Crippen LogP contribution in [0, 0.1) is 20.2 Å². The first-order chi connectivity index (χ1) is 9.90. The normalized spacial score (nSPS) is 10.3. The molecular weight excluding hydrogens is 304 g/mol. The lowest BCUT2D eigenvalue weighted by Gasteiger charge is -2.00. The Morgan fingerprint density at radius 3 is 2.33 bits per heavy atom. The molecule has 1 aromatic heterocycles. The molecular formula is C11H7ClN4O5. The molecule has 0 atom stereocenters. The average molecular weight is 311 g/mol. The van der Waals surface area contributed by atoms with Crippen molar-refractivity contribution >= 4 is 29.1 Å². The molecule has 0 bridgehead atoms. The number of nitro groups is 2. The fourth-order valence-electron chi connectivity index (χ4n) is 1.68. The van der Waals surface area contributed by atoms with Crippen LogP contribution < -0.4 is 0 Å². The first-order valence-electron chi connectivity index (χ1n) is 5.54. The Bertz CT molecular complexity index is 725. The molecule has 0 saturated heterocycles. The highest BCUT2D eigenvalue weighted by Crippen LogP contribution is 2.25. The van der Waals surface area contributed by atoms with Crippen LogP contribution in [-0.2, 0) is 6.42 Å². The Kier molecular flexibility index (Phi) is 3.94. The smallest absolute Gasteiger partial charge is 0.358 e. The third kappa shape index (κ3) is 3.03. The van der Waals surface area contributed by atoms with E-state index in [1.165, 1.54) is 0 Å². The van der Waals surface area contributed by atoms with Crippen LogP contribution in [0.15, 0.2) is 30.6 Å². The number of benzene rings is 1. The van der Waals surface area contributed by atoms with Gasteiger partial charge < -0.3 is 20.2 Å². The number of aromatic nitrogens is 2. The Hall–Kier alpha value is -2.81. The van der Waals surface area contributed by atoms with Gasteiger partial charge in [0.25, 0.3) is 0 Å². The Labute approximate surface area is 122 Å². The van der Waals surface area contributed by atoms with Crippen LogP contribution in [0.5, 0.6) is 0 Å². The third-order valence-electron chi connectivity index (χ3n) is 2.61. The van der Waals surface area contributed by atoms with Gasteiger partial charge in [-0.1, -0.05) is 23.7 Å². The first-order valence-corrected chi connectivity index (χ1v) is 5.91. The number of carbonyl (C=O) groups is 1. The highest BCUT2D eigenvalue weighted by Gasteiger charge is 2.35. The highest BCUT2D eigenvalue weighted by molar-refractivity contribution is 6.30. The fraction of sp³-hybridized carbons (Fsp3) is 0.0909. The van der Waals surface area contributed by atoms with Gasteiger partial charge in [-0.2, -0.15) is 0 Å². The Morgan fingerprint density at radius 1 is 1.19 bits per heavy atom. The third-order valence-corrected chi connectivity index (χ3v) is 2.86. The molecule has 2 aromatic rings. The maximum absolute atomic E-state index is 12.0. The molecule has 0 saturated carbocycles. The molecule has 10 heteroatoms. The summed E-state index contributed by atoms with van der Waals surface area (Å²) < 4.78 is 0.562. The molecule has 0 fully saturated rings. The van der Waals surface area contributed by atoms with Crippen LogP contribution in [0.2, 0.25) is 5.02 Å². The van der Waals surface area contributed by atoms with Gasteiger partial charge in [-0.25, -0.2) is 4.79 Å². The van der Waals surface area contributed by atoms with Crippen LogP contribution in [0.3, 0.4) is 0 Å². The van der Waals surface area contributed by atoms with E-state index >= 15 is 0 Å². The minimum Gasteiger partial charge on any atom is -0.358 e. The van der Waals surface area contributed by atoms with Crippen LogP contribution in [0.4, 0.5) is 11.6 Å². The lowest BCUT2D eigenvalue weighted by molar-refractivity contribution is -0.428. The minimum absolute atomic E-state index is 0.175. The number of hydrogen-bond donors (Lipinski definition) is 0. The second-order valence-electron chi connectivity index (χ2n) is 3.97. The van der Waals surface area contributed by atoms with Gasteiger partial charge in [0.05, 0.1) is 6.42 Å². The second kappa shape index (κ2) is 5.67. The molecule has 0 aliphatic rings. The summed E-state index contributed by atoms with van der Waals surface area (Å²) in [4.78, 5) is 34.8. The zero-order valence-corrected chi connectivity index (χ0v) is 11.1. The number of imidazole rings is 1. The van der Waals surface area contributed by atoms with Gasteiger partial charge in [-0.3, -0.25) is 0 Å². The van der Waals surface area contributed by atoms with E-state index in [1.807, 2.05) is 0 Å². The van der Waals surface area contributed by atoms with E-state index in [0.717, 1.165) is 6.33 Å². The van der Waals surface area contributed by atoms with Crippen LogP contribution >= 0.6 is 11.6 Å². The Morgan fingerprint density at radius 2 is 1.81 bits per heavy atom. The SMILES string of the molecule is O=C(Cc1ccc(Cl)cc1)n1cnc([N+](=O)[O-])c1[N+](=O)[O-]. The quantitative estimate of drug-likeness (QED) is 0.630. The summed E-state index contributed by atoms with van der Waals surface area (Å²) in [5.41, 5.74) is 0.565. The van der Waals surface area contributed by atoms with E-state index in [9.17, 15) is 25.0 Å². The average Bonchev–Trinajstić information content (AvgIpc) is 2.86. The highest BCUT2D eigenvalue weighted by atomic mass is 35.5. The van der Waals surface area contributed by atoms with E-state index in [0.29, 0.717) is 15.2 Å². The second-order valence-corrected chi connectivity index (χ2v) is 4.41. The maximum atomic E-state index is 12.0. The molecule has 2 rings (SSSR count). The molecule has 1 aromatic carbocycles. The van der Waals surface area contributed by atoms with Crippen LogP contribution in [0.25, 0.3) is 0 Å². The first kappa shape index (κ1) is 14.6. The molecule has 0 amide bonds. The number of rotatable bonds is 4. The molecule has 0 aliphatic heterocycles. The summed E-state index contributed by atoms with van der Waals surface area (Å²) in [7, 11) is 0. The monoisotopic (exact) mass is 310 g/mol. The van der Waals surface area contributed by atoms with Crippen molar-refractivity contribution in [3.63, 3.8) is 0 Å². The summed E-state index contributed by atoms with van der Waals surface area (Å²) in [5.74, 6) is -2.63. The van der Waals surface area contributed by atoms with E-state index in [-0.39, 0.29) is 6.42 Å². The number of halogens is 1. The lowest BCUT2D eigenvalue weighted by Crippen LogP contribution is -2.15. The summed E-state index contributed by atoms with van der Waals surface area (Å²) in [6, 6.07) is 6.29. The Balaban J connectivity index is 2.33. The van der Waals surface area contributed by atoms with Gasteiger partial charge in [0.15, 0.2) is 0 Å². The number of carbonyl (C=O) groups excluding carboxylic acids is 1. The van der Waals surface area contributed by atoms with Crippen LogP contribution in [0.1, 0.15) is 10.4 Å². The van der Waals surface area contributed by atoms with Gasteiger partial charge in [0.2, 0.25) is 0 Å². The van der Waals surface area contributed by atoms with Crippen LogP contribution in [-0.4, -0.2) is 25.3 Å². The van der Waals surface area contributed by atoms with Crippen molar-refractivity contribution in [2.75, 3.05) is 0 Å². The zero-order valence-electron chi connectivity index (χ0n) is 10.3. The molecule has 0 unspecified atom stereocenters. The summed E-state index contributed by atoms with van der Waals surface area (Å²) in [6.07, 6.45) is 0.597. The molecule has 108 valence electrons. The maximum Gasteiger partial charge on any atom is 0.463 e. The predicted octanol–water partition coefficient (Wildman–Crippen LogP) is 2.24. The van der Waals surface area contributed by atoms with E-state index in [1.54, 1.807) is 24.3 Å². The summed E-state index contributed by atoms with van der Waals surface area (Å²) >= 11 is 5.71. The number of hydrogen-bond acceptors (Lipinski definition) is 6. The predicted molar refractivity (Wildman–Crippen MR) is 71.3 cm³/mol. The van der Waals surface area contributed by atoms with Gasteiger partial charge in [0, 0.05) is 10.0 Å². The molecule has 0 N–H and O–H groups in total. The van der Waals surface area contributed by atoms with E-state index in [4.69, 9.17) is 11.6 Å². The van der Waals surface area contributed by atoms with Gasteiger partial charge in [-0.05, 0) is 27.5 Å². The van der Waals surface area contributed by atoms with E-state index in [2.05, 4.69) is 4.98 Å². The fourth-order valence-corrected chi connectivity index (χ4v) is 1.80. The molecule has 21 heavy (non-hydrogen) atoms. The van der Waals surface area contributed by atoms with Crippen molar-refractivity contribution in [3.05, 3.63) is 61.4 Å². The molecule has 0 aliphatic carbocycles. The molecule has 1 heterocycles. The largest absolute Gasteiger partial charge is 0.463 e. The standard InChI is InChI=1S/C11H7ClN4O5/c12-8-3-1-7(2-4-8)5-9(17)14-6-13-10(15(18)19)11(14)16(20)21/h1-4,6H,5H2. The summed E-state index contributed by atoms with van der Waals surface area (Å²) in [6.45, 7) is 0. The van der Waals surface area contributed by atoms with E-state index < -0.39 is 27.4 Å². The van der Waals surface area contributed by atoms with Crippen molar-refractivity contribution in [1.82, 2.24) is 9.55 Å². The van der Waals surface area contributed by atoms with Gasteiger partial charge in [-0.15, -0.1) is 4.57 Å². The molecule has 0 spiro atoms. The van der Waals surface area contributed by atoms with Crippen molar-refractivity contribution < 1.29 is 14.6 Å². The lowest BCUT2D eigenvalue weighted by atomic mass is 10.1. The summed E-state index contributed by atoms with van der Waals surface area (Å²) in [5, 5.41) is 22.0. The van der Waals surface area contributed by atoms with Crippen molar-refractivity contribution in [2.24, 2.45) is 0 Å². The van der Waals surface area contributed by atoms with Crippen molar-refractivity contribution in [2.45, 2.75) is 6.42 Å². The van der Waals surface area contributed by atoms with Crippen molar-refractivity contribution in [1.29, 1.82) is 0 Å².